The molecule has 1 aliphatic carbocycles. The van der Waals surface area contributed by atoms with Crippen LogP contribution in [0.4, 0.5) is 5.69 Å². The Labute approximate surface area is 155 Å². The third-order valence-corrected chi connectivity index (χ3v) is 4.93. The van der Waals surface area contributed by atoms with Gasteiger partial charge in [-0.1, -0.05) is 6.92 Å². The Morgan fingerprint density at radius 1 is 1.08 bits per heavy atom. The van der Waals surface area contributed by atoms with Crippen LogP contribution >= 0.6 is 12.4 Å². The number of rotatable bonds is 6. The first-order valence-corrected chi connectivity index (χ1v) is 9.08. The lowest BCUT2D eigenvalue weighted by Gasteiger charge is -2.32. The molecule has 0 atom stereocenters. The summed E-state index contributed by atoms with van der Waals surface area (Å²) in [6, 6.07) is 7.28. The van der Waals surface area contributed by atoms with Crippen molar-refractivity contribution in [2.75, 3.05) is 31.5 Å². The number of amides is 2. The van der Waals surface area contributed by atoms with Crippen LogP contribution in [0.2, 0.25) is 0 Å². The molecule has 2 aliphatic rings. The van der Waals surface area contributed by atoms with E-state index in [1.54, 1.807) is 0 Å². The van der Waals surface area contributed by atoms with Crippen LogP contribution in [0.3, 0.4) is 0 Å². The van der Waals surface area contributed by atoms with Crippen LogP contribution in [0, 0.1) is 11.8 Å². The first-order valence-electron chi connectivity index (χ1n) is 9.08. The van der Waals surface area contributed by atoms with Gasteiger partial charge >= 0.3 is 0 Å². The van der Waals surface area contributed by atoms with Gasteiger partial charge in [-0.3, -0.25) is 9.59 Å². The lowest BCUT2D eigenvalue weighted by molar-refractivity contribution is -0.117. The van der Waals surface area contributed by atoms with Gasteiger partial charge in [-0.2, -0.15) is 0 Å². The smallest absolute Gasteiger partial charge is 0.253 e. The van der Waals surface area contributed by atoms with Crippen LogP contribution < -0.4 is 10.6 Å². The summed E-state index contributed by atoms with van der Waals surface area (Å²) in [6.07, 6.45) is 4.11. The average molecular weight is 366 g/mol. The largest absolute Gasteiger partial charge is 0.339 e. The van der Waals surface area contributed by atoms with Gasteiger partial charge in [-0.15, -0.1) is 12.4 Å². The Balaban J connectivity index is 0.00000225. The highest BCUT2D eigenvalue weighted by molar-refractivity contribution is 5.96. The monoisotopic (exact) mass is 365 g/mol. The lowest BCUT2D eigenvalue weighted by Crippen LogP contribution is -2.40. The molecule has 25 heavy (non-hydrogen) atoms. The second-order valence-electron chi connectivity index (χ2n) is 6.88. The van der Waals surface area contributed by atoms with Crippen molar-refractivity contribution in [2.45, 2.75) is 32.6 Å². The molecule has 138 valence electrons. The van der Waals surface area contributed by atoms with E-state index >= 15 is 0 Å². The number of carbonyl (C=O) groups excluding carboxylic acids is 2. The van der Waals surface area contributed by atoms with E-state index < -0.39 is 0 Å². The van der Waals surface area contributed by atoms with Crippen LogP contribution in [0.1, 0.15) is 43.0 Å². The van der Waals surface area contributed by atoms with Crippen molar-refractivity contribution in [1.29, 1.82) is 0 Å². The third-order valence-electron chi connectivity index (χ3n) is 4.93. The van der Waals surface area contributed by atoms with E-state index in [-0.39, 0.29) is 30.1 Å². The first-order chi connectivity index (χ1) is 11.7. The quantitative estimate of drug-likeness (QED) is 0.814. The van der Waals surface area contributed by atoms with Crippen LogP contribution in [-0.4, -0.2) is 42.9 Å². The summed E-state index contributed by atoms with van der Waals surface area (Å²) in [4.78, 5) is 26.3. The van der Waals surface area contributed by atoms with E-state index in [1.165, 1.54) is 0 Å². The molecule has 1 aliphatic heterocycles. The fraction of sp³-hybridized carbons (Fsp3) is 0.579. The van der Waals surface area contributed by atoms with E-state index in [0.717, 1.165) is 57.5 Å². The molecule has 6 heteroatoms. The minimum absolute atomic E-state index is 0. The molecule has 0 bridgehead atoms. The molecule has 1 aromatic rings. The summed E-state index contributed by atoms with van der Waals surface area (Å²) in [6.45, 7) is 5.83. The van der Waals surface area contributed by atoms with Crippen LogP contribution in [-0.2, 0) is 4.79 Å². The number of nitrogens with zero attached hydrogens (tertiary/aromatic N) is 1. The highest BCUT2D eigenvalue weighted by Crippen LogP contribution is 2.30. The zero-order chi connectivity index (χ0) is 16.9. The molecule has 0 unspecified atom stereocenters. The predicted octanol–water partition coefficient (Wildman–Crippen LogP) is 2.92. The van der Waals surface area contributed by atoms with Crippen molar-refractivity contribution in [1.82, 2.24) is 10.2 Å². The van der Waals surface area contributed by atoms with Gasteiger partial charge < -0.3 is 15.5 Å². The second kappa shape index (κ2) is 9.20. The normalized spacial score (nSPS) is 17.7. The molecule has 2 amide bonds. The van der Waals surface area contributed by atoms with Crippen molar-refractivity contribution < 1.29 is 9.59 Å². The minimum Gasteiger partial charge on any atom is -0.339 e. The Bertz CT molecular complexity index is 579. The van der Waals surface area contributed by atoms with E-state index in [9.17, 15) is 9.59 Å². The predicted molar refractivity (Wildman–Crippen MR) is 102 cm³/mol. The van der Waals surface area contributed by atoms with E-state index in [4.69, 9.17) is 0 Å². The number of benzene rings is 1. The van der Waals surface area contributed by atoms with Gasteiger partial charge in [0.15, 0.2) is 0 Å². The Kier molecular flexibility index (Phi) is 7.26. The Hall–Kier alpha value is -1.59. The van der Waals surface area contributed by atoms with Gasteiger partial charge in [0.1, 0.15) is 0 Å². The van der Waals surface area contributed by atoms with Crippen molar-refractivity contribution in [3.8, 4) is 0 Å². The fourth-order valence-electron chi connectivity index (χ4n) is 3.16. The van der Waals surface area contributed by atoms with Gasteiger partial charge in [-0.05, 0) is 69.0 Å². The molecule has 5 nitrogen and oxygen atoms in total. The standard InChI is InChI=1S/C19H27N3O2.ClH/c1-2-20-13-14-9-11-22(12-10-14)19(24)16-5-7-17(8-6-16)21-18(23)15-3-4-15;/h5-8,14-15,20H,2-4,9-13H2,1H3,(H,21,23);1H. The summed E-state index contributed by atoms with van der Waals surface area (Å²) in [7, 11) is 0. The number of carbonyl (C=O) groups is 2. The SMILES string of the molecule is CCNCC1CCN(C(=O)c2ccc(NC(=O)C3CC3)cc2)CC1.Cl. The maximum absolute atomic E-state index is 12.6. The molecular weight excluding hydrogens is 338 g/mol. The number of nitrogens with one attached hydrogen (secondary N) is 2. The number of piperidine rings is 1. The van der Waals surface area contributed by atoms with E-state index in [2.05, 4.69) is 17.6 Å². The number of anilines is 1. The zero-order valence-corrected chi connectivity index (χ0v) is 15.6. The van der Waals surface area contributed by atoms with E-state index in [0.29, 0.717) is 11.5 Å². The molecule has 1 heterocycles. The minimum atomic E-state index is 0. The first kappa shape index (κ1) is 19.7. The molecule has 1 aromatic carbocycles. The van der Waals surface area contributed by atoms with Crippen molar-refractivity contribution >= 4 is 29.9 Å². The number of likely N-dealkylation sites (tertiary alicyclic amines) is 1. The third kappa shape index (κ3) is 5.44. The Morgan fingerprint density at radius 2 is 1.72 bits per heavy atom. The van der Waals surface area contributed by atoms with E-state index in [1.807, 2.05) is 29.2 Å². The van der Waals surface area contributed by atoms with Crippen LogP contribution in [0.5, 0.6) is 0 Å². The molecular formula is C19H28ClN3O2. The summed E-state index contributed by atoms with van der Waals surface area (Å²) in [5.41, 5.74) is 1.47. The zero-order valence-electron chi connectivity index (χ0n) is 14.8. The molecule has 0 spiro atoms. The van der Waals surface area contributed by atoms with Gasteiger partial charge in [0.25, 0.3) is 5.91 Å². The Morgan fingerprint density at radius 3 is 2.28 bits per heavy atom. The van der Waals surface area contributed by atoms with Gasteiger partial charge in [0.05, 0.1) is 0 Å². The van der Waals surface area contributed by atoms with Crippen LogP contribution in [0.25, 0.3) is 0 Å². The molecule has 1 saturated carbocycles. The van der Waals surface area contributed by atoms with Gasteiger partial charge in [0.2, 0.25) is 5.91 Å². The van der Waals surface area contributed by atoms with Crippen molar-refractivity contribution in [2.24, 2.45) is 11.8 Å². The van der Waals surface area contributed by atoms with Gasteiger partial charge in [0, 0.05) is 30.3 Å². The second-order valence-corrected chi connectivity index (χ2v) is 6.88. The molecule has 3 rings (SSSR count). The molecule has 2 fully saturated rings. The molecule has 1 saturated heterocycles. The summed E-state index contributed by atoms with van der Waals surface area (Å²) < 4.78 is 0. The maximum Gasteiger partial charge on any atom is 0.253 e. The molecule has 2 N–H and O–H groups in total. The van der Waals surface area contributed by atoms with Crippen LogP contribution in [0.15, 0.2) is 24.3 Å². The maximum atomic E-state index is 12.6. The fourth-order valence-corrected chi connectivity index (χ4v) is 3.16. The van der Waals surface area contributed by atoms with Gasteiger partial charge in [-0.25, -0.2) is 0 Å². The number of hydrogen-bond acceptors (Lipinski definition) is 3. The summed E-state index contributed by atoms with van der Waals surface area (Å²) in [5.74, 6) is 1.05. The highest BCUT2D eigenvalue weighted by atomic mass is 35.5. The topological polar surface area (TPSA) is 61.4 Å². The highest BCUT2D eigenvalue weighted by Gasteiger charge is 2.29. The van der Waals surface area contributed by atoms with Crippen molar-refractivity contribution in [3.63, 3.8) is 0 Å². The number of halogens is 1. The summed E-state index contributed by atoms with van der Waals surface area (Å²) >= 11 is 0. The summed E-state index contributed by atoms with van der Waals surface area (Å²) in [5, 5.41) is 6.29. The molecule has 0 radical (unpaired) electrons. The molecule has 0 aromatic heterocycles. The lowest BCUT2D eigenvalue weighted by atomic mass is 9.96. The average Bonchev–Trinajstić information content (AvgIpc) is 3.46. The number of hydrogen-bond donors (Lipinski definition) is 2. The van der Waals surface area contributed by atoms with Crippen molar-refractivity contribution in [3.05, 3.63) is 29.8 Å².